The van der Waals surface area contributed by atoms with Crippen molar-refractivity contribution in [1.82, 2.24) is 4.98 Å². The van der Waals surface area contributed by atoms with E-state index in [1.165, 1.54) is 65.7 Å². The Hall–Kier alpha value is -6.25. The predicted molar refractivity (Wildman–Crippen MR) is 209 cm³/mol. The molecule has 2 nitrogen and oxygen atoms in total. The zero-order valence-electron chi connectivity index (χ0n) is 27.1. The van der Waals surface area contributed by atoms with Gasteiger partial charge >= 0.3 is 0 Å². The Morgan fingerprint density at radius 3 is 1.88 bits per heavy atom. The maximum absolute atomic E-state index is 4.80. The third-order valence-electron chi connectivity index (χ3n) is 9.74. The maximum atomic E-state index is 4.80. The molecule has 0 fully saturated rings. The molecule has 1 aromatic heterocycles. The lowest BCUT2D eigenvalue weighted by atomic mass is 9.80. The summed E-state index contributed by atoms with van der Waals surface area (Å²) in [6.07, 6.45) is 10.7. The number of para-hydroxylation sites is 1. The lowest BCUT2D eigenvalue weighted by molar-refractivity contribution is 1.06. The Bertz CT molecular complexity index is 2480. The molecule has 1 aliphatic carbocycles. The minimum absolute atomic E-state index is 0.886. The van der Waals surface area contributed by atoms with Gasteiger partial charge in [0.2, 0.25) is 0 Å². The van der Waals surface area contributed by atoms with Crippen LogP contribution < -0.4 is 4.90 Å². The van der Waals surface area contributed by atoms with Crippen molar-refractivity contribution in [3.05, 3.63) is 188 Å². The van der Waals surface area contributed by atoms with Crippen molar-refractivity contribution in [2.75, 3.05) is 4.90 Å². The number of fused-ring (bicyclic) bond motifs is 6. The van der Waals surface area contributed by atoms with Crippen LogP contribution in [0.4, 0.5) is 17.2 Å². The largest absolute Gasteiger partial charge is 0.295 e. The van der Waals surface area contributed by atoms with Gasteiger partial charge in [0, 0.05) is 17.6 Å². The highest BCUT2D eigenvalue weighted by atomic mass is 15.2. The second-order valence-electron chi connectivity index (χ2n) is 12.6. The van der Waals surface area contributed by atoms with Crippen LogP contribution in [0.2, 0.25) is 0 Å². The summed E-state index contributed by atoms with van der Waals surface area (Å²) in [4.78, 5) is 7.05. The Labute approximate surface area is 286 Å². The lowest BCUT2D eigenvalue weighted by Gasteiger charge is -2.26. The Balaban J connectivity index is 1.45. The molecule has 0 aliphatic heterocycles. The van der Waals surface area contributed by atoms with Gasteiger partial charge in [0.1, 0.15) is 5.82 Å². The Morgan fingerprint density at radius 2 is 1.16 bits per heavy atom. The van der Waals surface area contributed by atoms with Crippen LogP contribution >= 0.6 is 0 Å². The molecule has 7 aromatic carbocycles. The van der Waals surface area contributed by atoms with Crippen molar-refractivity contribution in [1.29, 1.82) is 0 Å². The van der Waals surface area contributed by atoms with Gasteiger partial charge in [-0.25, -0.2) is 4.98 Å². The first-order chi connectivity index (χ1) is 24.3. The molecule has 9 rings (SSSR count). The number of anilines is 3. The van der Waals surface area contributed by atoms with Crippen molar-refractivity contribution in [3.63, 3.8) is 0 Å². The molecular formula is C47H34N2. The fourth-order valence-electron chi connectivity index (χ4n) is 7.59. The molecule has 232 valence electrons. The van der Waals surface area contributed by atoms with Crippen molar-refractivity contribution in [2.45, 2.75) is 12.8 Å². The third-order valence-corrected chi connectivity index (χ3v) is 9.74. The summed E-state index contributed by atoms with van der Waals surface area (Å²) in [7, 11) is 0. The average molecular weight is 627 g/mol. The predicted octanol–water partition coefficient (Wildman–Crippen LogP) is 13.1. The molecule has 1 aliphatic rings. The molecular weight excluding hydrogens is 593 g/mol. The SMILES string of the molecule is C1=CCCC(c2cc(-c3ccccc3)c(-c3ccccc3)c3c4ccccc4c4cc(N(c5ccccc5)c5ccccn5)ccc4c23)=C1. The third kappa shape index (κ3) is 5.10. The van der Waals surface area contributed by atoms with Crippen LogP contribution in [0.25, 0.3) is 60.1 Å². The Kier molecular flexibility index (Phi) is 7.33. The summed E-state index contributed by atoms with van der Waals surface area (Å²) < 4.78 is 0. The van der Waals surface area contributed by atoms with E-state index in [1.54, 1.807) is 0 Å². The normalized spacial score (nSPS) is 12.8. The highest BCUT2D eigenvalue weighted by molar-refractivity contribution is 6.32. The van der Waals surface area contributed by atoms with Gasteiger partial charge in [0.05, 0.1) is 0 Å². The summed E-state index contributed by atoms with van der Waals surface area (Å²) in [6.45, 7) is 0. The molecule has 1 heterocycles. The lowest BCUT2D eigenvalue weighted by Crippen LogP contribution is -2.11. The quantitative estimate of drug-likeness (QED) is 0.171. The number of hydrogen-bond acceptors (Lipinski definition) is 2. The molecule has 2 heteroatoms. The van der Waals surface area contributed by atoms with Crippen molar-refractivity contribution in [3.8, 4) is 22.3 Å². The van der Waals surface area contributed by atoms with Crippen LogP contribution in [0.3, 0.4) is 0 Å². The average Bonchev–Trinajstić information content (AvgIpc) is 3.19. The molecule has 8 aromatic rings. The smallest absolute Gasteiger partial charge is 0.137 e. The monoisotopic (exact) mass is 626 g/mol. The molecule has 0 saturated heterocycles. The molecule has 0 atom stereocenters. The maximum Gasteiger partial charge on any atom is 0.137 e. The molecule has 0 bridgehead atoms. The number of rotatable bonds is 6. The molecule has 0 spiro atoms. The van der Waals surface area contributed by atoms with E-state index in [0.717, 1.165) is 30.0 Å². The molecule has 0 radical (unpaired) electrons. The first-order valence-corrected chi connectivity index (χ1v) is 17.0. The van der Waals surface area contributed by atoms with E-state index < -0.39 is 0 Å². The number of benzene rings is 7. The van der Waals surface area contributed by atoms with E-state index in [4.69, 9.17) is 4.98 Å². The number of allylic oxidation sites excluding steroid dienone is 4. The van der Waals surface area contributed by atoms with E-state index in [9.17, 15) is 0 Å². The van der Waals surface area contributed by atoms with Gasteiger partial charge in [-0.2, -0.15) is 0 Å². The van der Waals surface area contributed by atoms with Gasteiger partial charge in [0.25, 0.3) is 0 Å². The number of aromatic nitrogens is 1. The summed E-state index contributed by atoms with van der Waals surface area (Å²) in [5.74, 6) is 0.886. The van der Waals surface area contributed by atoms with Crippen molar-refractivity contribution >= 4 is 55.1 Å². The summed E-state index contributed by atoms with van der Waals surface area (Å²) in [6, 6.07) is 56.9. The van der Waals surface area contributed by atoms with Gasteiger partial charge in [-0.1, -0.05) is 133 Å². The van der Waals surface area contributed by atoms with Gasteiger partial charge in [-0.05, 0) is 121 Å². The number of nitrogens with zero attached hydrogens (tertiary/aromatic N) is 2. The van der Waals surface area contributed by atoms with E-state index >= 15 is 0 Å². The zero-order valence-corrected chi connectivity index (χ0v) is 27.1. The molecule has 0 saturated carbocycles. The van der Waals surface area contributed by atoms with E-state index in [0.29, 0.717) is 0 Å². The molecule has 0 N–H and O–H groups in total. The topological polar surface area (TPSA) is 16.1 Å². The van der Waals surface area contributed by atoms with Gasteiger partial charge in [-0.3, -0.25) is 4.90 Å². The van der Waals surface area contributed by atoms with E-state index in [2.05, 4.69) is 175 Å². The Morgan fingerprint density at radius 1 is 0.490 bits per heavy atom. The molecule has 0 amide bonds. The highest BCUT2D eigenvalue weighted by Gasteiger charge is 2.23. The van der Waals surface area contributed by atoms with Gasteiger partial charge in [-0.15, -0.1) is 0 Å². The van der Waals surface area contributed by atoms with Crippen LogP contribution in [0.5, 0.6) is 0 Å². The van der Waals surface area contributed by atoms with Crippen LogP contribution in [0.1, 0.15) is 18.4 Å². The fourth-order valence-corrected chi connectivity index (χ4v) is 7.59. The van der Waals surface area contributed by atoms with Gasteiger partial charge < -0.3 is 0 Å². The van der Waals surface area contributed by atoms with Crippen LogP contribution in [-0.4, -0.2) is 4.98 Å². The fraction of sp³-hybridized carbons (Fsp3) is 0.0426. The summed E-state index contributed by atoms with van der Waals surface area (Å²) in [5, 5.41) is 7.61. The molecule has 0 unspecified atom stereocenters. The van der Waals surface area contributed by atoms with Crippen molar-refractivity contribution in [2.24, 2.45) is 0 Å². The zero-order chi connectivity index (χ0) is 32.6. The highest BCUT2D eigenvalue weighted by Crippen LogP contribution is 2.49. The van der Waals surface area contributed by atoms with Crippen LogP contribution in [0.15, 0.2) is 182 Å². The number of pyridine rings is 1. The minimum Gasteiger partial charge on any atom is -0.295 e. The standard InChI is InChI=1S/C47H34N2/c1-5-17-33(18-6-1)41-32-42(34-19-7-2-8-20-34)46-40-29-28-37(49(36-23-11-4-12-24-36)44-27-15-16-30-48-44)31-43(40)38-25-13-14-26-39(38)47(46)45(41)35-21-9-3-10-22-35/h1-7,9-19,21-32H,8,20H2. The summed E-state index contributed by atoms with van der Waals surface area (Å²) in [5.41, 5.74) is 9.83. The number of hydrogen-bond donors (Lipinski definition) is 0. The van der Waals surface area contributed by atoms with Crippen molar-refractivity contribution < 1.29 is 0 Å². The first kappa shape index (κ1) is 28.9. The van der Waals surface area contributed by atoms with E-state index in [-0.39, 0.29) is 0 Å². The second-order valence-corrected chi connectivity index (χ2v) is 12.6. The van der Waals surface area contributed by atoms with Gasteiger partial charge in [0.15, 0.2) is 0 Å². The molecule has 49 heavy (non-hydrogen) atoms. The van der Waals surface area contributed by atoms with Crippen LogP contribution in [-0.2, 0) is 0 Å². The summed E-state index contributed by atoms with van der Waals surface area (Å²) >= 11 is 0. The minimum atomic E-state index is 0.886. The van der Waals surface area contributed by atoms with E-state index in [1.807, 2.05) is 12.3 Å². The first-order valence-electron chi connectivity index (χ1n) is 17.0. The second kappa shape index (κ2) is 12.4. The van der Waals surface area contributed by atoms with Crippen LogP contribution in [0, 0.1) is 0 Å².